The number of hydrogen-bond donors (Lipinski definition) is 1. The van der Waals surface area contributed by atoms with Crippen molar-refractivity contribution in [3.05, 3.63) is 110 Å². The first kappa shape index (κ1) is 25.6. The molecule has 1 aromatic heterocycles. The van der Waals surface area contributed by atoms with Crippen LogP contribution in [0.3, 0.4) is 0 Å². The van der Waals surface area contributed by atoms with E-state index in [4.69, 9.17) is 9.72 Å². The zero-order valence-corrected chi connectivity index (χ0v) is 21.4. The second kappa shape index (κ2) is 11.6. The van der Waals surface area contributed by atoms with Crippen molar-refractivity contribution in [3.8, 4) is 0 Å². The standard InChI is InChI=1S/C28H26N4O5S/c33-26(29-16-23-7-4-14-37-23)21-12-10-19(11-13-21)17-31-27(34)24-8-1-2-9-25(24)30-28(31)38-18-20-5-3-6-22(15-20)32(35)36/h1-3,5-6,8-13,15,23H,4,7,14,16-18H2,(H,29,33)/t23-/m1/s1. The maximum atomic E-state index is 13.4. The van der Waals surface area contributed by atoms with Crippen molar-refractivity contribution in [2.24, 2.45) is 0 Å². The maximum absolute atomic E-state index is 13.4. The highest BCUT2D eigenvalue weighted by molar-refractivity contribution is 7.98. The number of amides is 1. The number of carbonyl (C=O) groups is 1. The number of nitrogens with zero attached hydrogens (tertiary/aromatic N) is 3. The second-order valence-electron chi connectivity index (χ2n) is 9.06. The lowest BCUT2D eigenvalue weighted by Gasteiger charge is -2.14. The van der Waals surface area contributed by atoms with Crippen LogP contribution in [0, 0.1) is 10.1 Å². The summed E-state index contributed by atoms with van der Waals surface area (Å²) < 4.78 is 7.17. The van der Waals surface area contributed by atoms with Gasteiger partial charge in [-0.1, -0.05) is 48.2 Å². The van der Waals surface area contributed by atoms with Crippen LogP contribution < -0.4 is 10.9 Å². The largest absolute Gasteiger partial charge is 0.376 e. The fourth-order valence-electron chi connectivity index (χ4n) is 4.36. The van der Waals surface area contributed by atoms with Gasteiger partial charge in [0.2, 0.25) is 0 Å². The first-order valence-corrected chi connectivity index (χ1v) is 13.3. The molecule has 0 saturated carbocycles. The lowest BCUT2D eigenvalue weighted by molar-refractivity contribution is -0.384. The van der Waals surface area contributed by atoms with Crippen LogP contribution in [0.25, 0.3) is 10.9 Å². The lowest BCUT2D eigenvalue weighted by Crippen LogP contribution is -2.31. The van der Waals surface area contributed by atoms with Gasteiger partial charge >= 0.3 is 0 Å². The fraction of sp³-hybridized carbons (Fsp3) is 0.250. The zero-order chi connectivity index (χ0) is 26.5. The van der Waals surface area contributed by atoms with Crippen LogP contribution in [0.1, 0.15) is 34.3 Å². The van der Waals surface area contributed by atoms with Crippen LogP contribution in [0.15, 0.2) is 82.7 Å². The minimum Gasteiger partial charge on any atom is -0.376 e. The van der Waals surface area contributed by atoms with Gasteiger partial charge in [0.1, 0.15) is 0 Å². The molecule has 194 valence electrons. The number of nitro benzene ring substituents is 1. The van der Waals surface area contributed by atoms with E-state index in [1.807, 2.05) is 24.3 Å². The Balaban J connectivity index is 1.36. The monoisotopic (exact) mass is 530 g/mol. The molecular formula is C28H26N4O5S. The van der Waals surface area contributed by atoms with Gasteiger partial charge in [0.15, 0.2) is 5.16 Å². The molecule has 0 spiro atoms. The average Bonchev–Trinajstić information content (AvgIpc) is 3.47. The average molecular weight is 531 g/mol. The minimum absolute atomic E-state index is 0.0202. The number of para-hydroxylation sites is 1. The van der Waals surface area contributed by atoms with Gasteiger partial charge in [-0.2, -0.15) is 0 Å². The number of nitrogens with one attached hydrogen (secondary N) is 1. The second-order valence-corrected chi connectivity index (χ2v) is 10.0. The molecule has 0 unspecified atom stereocenters. The number of ether oxygens (including phenoxy) is 1. The van der Waals surface area contributed by atoms with E-state index >= 15 is 0 Å². The molecule has 1 amide bonds. The van der Waals surface area contributed by atoms with Gasteiger partial charge in [-0.05, 0) is 48.2 Å². The summed E-state index contributed by atoms with van der Waals surface area (Å²) >= 11 is 1.35. The van der Waals surface area contributed by atoms with Gasteiger partial charge in [-0.3, -0.25) is 24.3 Å². The van der Waals surface area contributed by atoms with Gasteiger partial charge in [0.25, 0.3) is 17.2 Å². The summed E-state index contributed by atoms with van der Waals surface area (Å²) in [6, 6.07) is 20.8. The summed E-state index contributed by atoms with van der Waals surface area (Å²) in [5, 5.41) is 15.1. The van der Waals surface area contributed by atoms with Gasteiger partial charge < -0.3 is 10.1 Å². The SMILES string of the molecule is O=C(NC[C@H]1CCCO1)c1ccc(Cn2c(SCc3cccc([N+](=O)[O-])c3)nc3ccccc3c2=O)cc1. The quantitative estimate of drug-likeness (QED) is 0.146. The first-order chi connectivity index (χ1) is 18.5. The Kier molecular flexibility index (Phi) is 7.81. The number of nitro groups is 1. The number of carbonyl (C=O) groups excluding carboxylic acids is 1. The third kappa shape index (κ3) is 5.92. The van der Waals surface area contributed by atoms with Crippen molar-refractivity contribution in [2.45, 2.75) is 36.4 Å². The highest BCUT2D eigenvalue weighted by atomic mass is 32.2. The van der Waals surface area contributed by atoms with Crippen LogP contribution in [0.4, 0.5) is 5.69 Å². The van der Waals surface area contributed by atoms with E-state index in [1.165, 1.54) is 23.9 Å². The number of rotatable bonds is 9. The molecule has 0 aliphatic carbocycles. The number of non-ortho nitro benzene ring substituents is 1. The zero-order valence-electron chi connectivity index (χ0n) is 20.5. The normalized spacial score (nSPS) is 15.0. The van der Waals surface area contributed by atoms with E-state index in [0.29, 0.717) is 33.9 Å². The third-order valence-electron chi connectivity index (χ3n) is 6.39. The van der Waals surface area contributed by atoms with E-state index < -0.39 is 4.92 Å². The third-order valence-corrected chi connectivity index (χ3v) is 7.43. The van der Waals surface area contributed by atoms with Gasteiger partial charge in [-0.25, -0.2) is 4.98 Å². The molecule has 9 nitrogen and oxygen atoms in total. The molecule has 1 atom stereocenters. The molecule has 1 aliphatic rings. The summed E-state index contributed by atoms with van der Waals surface area (Å²) in [6.07, 6.45) is 2.04. The van der Waals surface area contributed by atoms with E-state index in [0.717, 1.165) is 30.6 Å². The first-order valence-electron chi connectivity index (χ1n) is 12.3. The predicted octanol–water partition coefficient (Wildman–Crippen LogP) is 4.55. The molecule has 5 rings (SSSR count). The molecule has 10 heteroatoms. The van der Waals surface area contributed by atoms with Crippen molar-refractivity contribution in [2.75, 3.05) is 13.2 Å². The fourth-order valence-corrected chi connectivity index (χ4v) is 5.30. The van der Waals surface area contributed by atoms with E-state index in [-0.39, 0.29) is 29.8 Å². The Morgan fingerprint density at radius 3 is 2.68 bits per heavy atom. The summed E-state index contributed by atoms with van der Waals surface area (Å²) in [6.45, 7) is 1.50. The predicted molar refractivity (Wildman–Crippen MR) is 146 cm³/mol. The molecule has 0 radical (unpaired) electrons. The van der Waals surface area contributed by atoms with Crippen molar-refractivity contribution >= 4 is 34.3 Å². The lowest BCUT2D eigenvalue weighted by atomic mass is 10.1. The highest BCUT2D eigenvalue weighted by Gasteiger charge is 2.17. The smallest absolute Gasteiger partial charge is 0.269 e. The van der Waals surface area contributed by atoms with Crippen molar-refractivity contribution < 1.29 is 14.5 Å². The van der Waals surface area contributed by atoms with Crippen LogP contribution in [-0.2, 0) is 17.0 Å². The summed E-state index contributed by atoms with van der Waals surface area (Å²) in [5.41, 5.74) is 2.58. The molecular weight excluding hydrogens is 504 g/mol. The number of thioether (sulfide) groups is 1. The molecule has 1 N–H and O–H groups in total. The molecule has 38 heavy (non-hydrogen) atoms. The Bertz CT molecular complexity index is 1530. The highest BCUT2D eigenvalue weighted by Crippen LogP contribution is 2.25. The topological polar surface area (TPSA) is 116 Å². The van der Waals surface area contributed by atoms with Gasteiger partial charge in [-0.15, -0.1) is 0 Å². The molecule has 3 aromatic carbocycles. The van der Waals surface area contributed by atoms with Gasteiger partial charge in [0, 0.05) is 36.6 Å². The molecule has 1 aliphatic heterocycles. The van der Waals surface area contributed by atoms with Gasteiger partial charge in [0.05, 0.1) is 28.5 Å². The Labute approximate surface area is 223 Å². The van der Waals surface area contributed by atoms with Crippen molar-refractivity contribution in [3.63, 3.8) is 0 Å². The van der Waals surface area contributed by atoms with Crippen molar-refractivity contribution in [1.82, 2.24) is 14.9 Å². The van der Waals surface area contributed by atoms with Crippen LogP contribution in [-0.4, -0.2) is 39.6 Å². The molecule has 1 saturated heterocycles. The van der Waals surface area contributed by atoms with E-state index in [2.05, 4.69) is 5.32 Å². The molecule has 0 bridgehead atoms. The van der Waals surface area contributed by atoms with Crippen LogP contribution in [0.2, 0.25) is 0 Å². The molecule has 2 heterocycles. The Morgan fingerprint density at radius 1 is 1.11 bits per heavy atom. The van der Waals surface area contributed by atoms with Crippen molar-refractivity contribution in [1.29, 1.82) is 0 Å². The number of fused-ring (bicyclic) bond motifs is 1. The summed E-state index contributed by atoms with van der Waals surface area (Å²) in [7, 11) is 0. The Hall–Kier alpha value is -4.02. The summed E-state index contributed by atoms with van der Waals surface area (Å²) in [5.74, 6) is 0.251. The number of benzene rings is 3. The molecule has 1 fully saturated rings. The summed E-state index contributed by atoms with van der Waals surface area (Å²) in [4.78, 5) is 41.4. The molecule has 4 aromatic rings. The van der Waals surface area contributed by atoms with E-state index in [1.54, 1.807) is 41.0 Å². The van der Waals surface area contributed by atoms with E-state index in [9.17, 15) is 19.7 Å². The Morgan fingerprint density at radius 2 is 1.92 bits per heavy atom. The maximum Gasteiger partial charge on any atom is 0.269 e. The van der Waals surface area contributed by atoms with Crippen LogP contribution >= 0.6 is 11.8 Å². The number of hydrogen-bond acceptors (Lipinski definition) is 7. The van der Waals surface area contributed by atoms with Crippen LogP contribution in [0.5, 0.6) is 0 Å². The minimum atomic E-state index is -0.426. The number of aromatic nitrogens is 2.